The van der Waals surface area contributed by atoms with E-state index >= 15 is 0 Å². The van der Waals surface area contributed by atoms with Crippen molar-refractivity contribution >= 4 is 35.6 Å². The molecule has 3 aromatic rings. The number of para-hydroxylation sites is 2. The molecule has 0 unspecified atom stereocenters. The summed E-state index contributed by atoms with van der Waals surface area (Å²) in [6.45, 7) is 8.32. The lowest BCUT2D eigenvalue weighted by Crippen LogP contribution is -2.52. The van der Waals surface area contributed by atoms with E-state index in [1.165, 1.54) is 0 Å². The van der Waals surface area contributed by atoms with Crippen molar-refractivity contribution < 1.29 is 4.74 Å². The molecule has 0 radical (unpaired) electrons. The molecule has 0 spiro atoms. The number of piperazine rings is 1. The van der Waals surface area contributed by atoms with Crippen molar-refractivity contribution in [3.05, 3.63) is 65.6 Å². The third kappa shape index (κ3) is 5.76. The highest BCUT2D eigenvalue weighted by atomic mass is 127. The van der Waals surface area contributed by atoms with Gasteiger partial charge in [-0.3, -0.25) is 4.99 Å². The van der Waals surface area contributed by atoms with E-state index in [0.717, 1.165) is 66.3 Å². The Bertz CT molecular complexity index is 1070. The van der Waals surface area contributed by atoms with Crippen LogP contribution in [0.15, 0.2) is 53.7 Å². The SMILES string of the molecule is CN=C(NCc1ccc(-n2nc(C)cc2C)nc1)N1CCN(c2ccccc2OC)CC1.I. The number of aromatic nitrogens is 3. The van der Waals surface area contributed by atoms with Gasteiger partial charge in [-0.25, -0.2) is 9.67 Å². The molecule has 176 valence electrons. The molecule has 0 amide bonds. The number of aliphatic imine (C=N–C) groups is 1. The largest absolute Gasteiger partial charge is 0.495 e. The maximum absolute atomic E-state index is 5.52. The van der Waals surface area contributed by atoms with Gasteiger partial charge in [0.1, 0.15) is 5.75 Å². The standard InChI is InChI=1S/C24H31N7O.HI/c1-18-15-19(2)31(28-18)23-10-9-20(16-26-23)17-27-24(25-3)30-13-11-29(12-14-30)21-7-5-6-8-22(21)32-4;/h5-10,15-16H,11-14,17H2,1-4H3,(H,25,27);1H. The van der Waals surface area contributed by atoms with Gasteiger partial charge in [0.25, 0.3) is 0 Å². The van der Waals surface area contributed by atoms with Gasteiger partial charge in [-0.2, -0.15) is 5.10 Å². The highest BCUT2D eigenvalue weighted by Gasteiger charge is 2.21. The zero-order valence-corrected chi connectivity index (χ0v) is 22.0. The highest BCUT2D eigenvalue weighted by molar-refractivity contribution is 14.0. The normalized spacial score (nSPS) is 14.1. The Kier molecular flexibility index (Phi) is 8.54. The summed E-state index contributed by atoms with van der Waals surface area (Å²) in [7, 11) is 3.55. The summed E-state index contributed by atoms with van der Waals surface area (Å²) in [6, 6.07) is 14.3. The van der Waals surface area contributed by atoms with Crippen LogP contribution in [0, 0.1) is 13.8 Å². The Labute approximate surface area is 212 Å². The first-order chi connectivity index (χ1) is 15.6. The monoisotopic (exact) mass is 561 g/mol. The second-order valence-electron chi connectivity index (χ2n) is 7.91. The van der Waals surface area contributed by atoms with Crippen molar-refractivity contribution in [2.24, 2.45) is 4.99 Å². The molecule has 1 saturated heterocycles. The van der Waals surface area contributed by atoms with Gasteiger partial charge >= 0.3 is 0 Å². The van der Waals surface area contributed by atoms with E-state index in [4.69, 9.17) is 4.74 Å². The number of rotatable bonds is 5. The Morgan fingerprint density at radius 3 is 2.45 bits per heavy atom. The van der Waals surface area contributed by atoms with Gasteiger partial charge in [-0.15, -0.1) is 24.0 Å². The van der Waals surface area contributed by atoms with Gasteiger partial charge in [-0.1, -0.05) is 18.2 Å². The summed E-state index contributed by atoms with van der Waals surface area (Å²) in [4.78, 5) is 13.7. The molecule has 0 bridgehead atoms. The first-order valence-corrected chi connectivity index (χ1v) is 10.9. The molecule has 0 aliphatic carbocycles. The second-order valence-corrected chi connectivity index (χ2v) is 7.91. The maximum atomic E-state index is 5.52. The molecule has 0 saturated carbocycles. The van der Waals surface area contributed by atoms with E-state index in [9.17, 15) is 0 Å². The average molecular weight is 561 g/mol. The van der Waals surface area contributed by atoms with Crippen LogP contribution >= 0.6 is 24.0 Å². The number of methoxy groups -OCH3 is 1. The van der Waals surface area contributed by atoms with Crippen LogP contribution in [0.5, 0.6) is 5.75 Å². The fraction of sp³-hybridized carbons (Fsp3) is 0.375. The minimum Gasteiger partial charge on any atom is -0.495 e. The first kappa shape index (κ1) is 24.8. The smallest absolute Gasteiger partial charge is 0.194 e. The number of guanidine groups is 1. The number of pyridine rings is 1. The lowest BCUT2D eigenvalue weighted by atomic mass is 10.2. The summed E-state index contributed by atoms with van der Waals surface area (Å²) in [5.41, 5.74) is 4.31. The molecular weight excluding hydrogens is 529 g/mol. The van der Waals surface area contributed by atoms with Crippen LogP contribution in [0.2, 0.25) is 0 Å². The predicted molar refractivity (Wildman–Crippen MR) is 143 cm³/mol. The zero-order chi connectivity index (χ0) is 22.5. The predicted octanol–water partition coefficient (Wildman–Crippen LogP) is 3.41. The van der Waals surface area contributed by atoms with Gasteiger partial charge in [0.2, 0.25) is 0 Å². The van der Waals surface area contributed by atoms with Crippen LogP contribution < -0.4 is 15.0 Å². The molecule has 1 aliphatic rings. The minimum atomic E-state index is 0. The molecule has 2 aromatic heterocycles. The molecule has 9 heteroatoms. The molecule has 1 fully saturated rings. The lowest BCUT2D eigenvalue weighted by Gasteiger charge is -2.38. The van der Waals surface area contributed by atoms with Crippen LogP contribution in [-0.2, 0) is 6.54 Å². The quantitative estimate of drug-likeness (QED) is 0.293. The number of nitrogens with zero attached hydrogens (tertiary/aromatic N) is 6. The molecule has 8 nitrogen and oxygen atoms in total. The number of nitrogens with one attached hydrogen (secondary N) is 1. The fourth-order valence-electron chi connectivity index (χ4n) is 4.07. The molecule has 0 atom stereocenters. The summed E-state index contributed by atoms with van der Waals surface area (Å²) < 4.78 is 7.39. The Morgan fingerprint density at radius 1 is 1.09 bits per heavy atom. The van der Waals surface area contributed by atoms with Gasteiger partial charge in [0.15, 0.2) is 11.8 Å². The van der Waals surface area contributed by atoms with Crippen molar-refractivity contribution in [1.82, 2.24) is 25.0 Å². The van der Waals surface area contributed by atoms with Crippen molar-refractivity contribution in [3.8, 4) is 11.6 Å². The number of halogens is 1. The number of hydrogen-bond donors (Lipinski definition) is 1. The van der Waals surface area contributed by atoms with E-state index in [-0.39, 0.29) is 24.0 Å². The average Bonchev–Trinajstić information content (AvgIpc) is 3.18. The Morgan fingerprint density at radius 2 is 1.85 bits per heavy atom. The highest BCUT2D eigenvalue weighted by Crippen LogP contribution is 2.28. The summed E-state index contributed by atoms with van der Waals surface area (Å²) in [5.74, 6) is 2.66. The van der Waals surface area contributed by atoms with Crippen molar-refractivity contribution in [1.29, 1.82) is 0 Å². The van der Waals surface area contributed by atoms with E-state index in [0.29, 0.717) is 6.54 Å². The molecule has 1 aliphatic heterocycles. The van der Waals surface area contributed by atoms with Crippen LogP contribution in [0.4, 0.5) is 5.69 Å². The Balaban J connectivity index is 0.00000306. The summed E-state index contributed by atoms with van der Waals surface area (Å²) in [5, 5.41) is 7.98. The van der Waals surface area contributed by atoms with Crippen molar-refractivity contribution in [2.45, 2.75) is 20.4 Å². The van der Waals surface area contributed by atoms with Gasteiger partial charge < -0.3 is 19.9 Å². The number of benzene rings is 1. The number of aryl methyl sites for hydroxylation is 2. The molecule has 3 heterocycles. The third-order valence-electron chi connectivity index (χ3n) is 5.70. The van der Waals surface area contributed by atoms with Crippen molar-refractivity contribution in [3.63, 3.8) is 0 Å². The van der Waals surface area contributed by atoms with E-state index in [1.54, 1.807) is 7.11 Å². The van der Waals surface area contributed by atoms with Crippen LogP contribution in [0.3, 0.4) is 0 Å². The maximum Gasteiger partial charge on any atom is 0.194 e. The number of hydrogen-bond acceptors (Lipinski definition) is 5. The first-order valence-electron chi connectivity index (χ1n) is 10.9. The minimum absolute atomic E-state index is 0. The van der Waals surface area contributed by atoms with E-state index < -0.39 is 0 Å². The third-order valence-corrected chi connectivity index (χ3v) is 5.70. The van der Waals surface area contributed by atoms with Gasteiger partial charge in [0, 0.05) is 51.7 Å². The van der Waals surface area contributed by atoms with Crippen LogP contribution in [0.1, 0.15) is 17.0 Å². The zero-order valence-electron chi connectivity index (χ0n) is 19.7. The van der Waals surface area contributed by atoms with Crippen LogP contribution in [0.25, 0.3) is 5.82 Å². The topological polar surface area (TPSA) is 70.8 Å². The molecule has 1 aromatic carbocycles. The molecular formula is C24H32IN7O. The molecule has 1 N–H and O–H groups in total. The molecule has 4 rings (SSSR count). The fourth-order valence-corrected chi connectivity index (χ4v) is 4.07. The second kappa shape index (κ2) is 11.4. The van der Waals surface area contributed by atoms with E-state index in [1.807, 2.05) is 50.0 Å². The van der Waals surface area contributed by atoms with Gasteiger partial charge in [-0.05, 0) is 43.7 Å². The summed E-state index contributed by atoms with van der Waals surface area (Å²) in [6.07, 6.45) is 1.89. The van der Waals surface area contributed by atoms with Gasteiger partial charge in [0.05, 0.1) is 18.5 Å². The van der Waals surface area contributed by atoms with Crippen LogP contribution in [-0.4, -0.2) is 66.0 Å². The van der Waals surface area contributed by atoms with Crippen molar-refractivity contribution in [2.75, 3.05) is 45.2 Å². The number of anilines is 1. The summed E-state index contributed by atoms with van der Waals surface area (Å²) >= 11 is 0. The molecule has 33 heavy (non-hydrogen) atoms. The Hall–Kier alpha value is -2.82. The number of ether oxygens (including phenoxy) is 1. The van der Waals surface area contributed by atoms with E-state index in [2.05, 4.69) is 54.5 Å². The lowest BCUT2D eigenvalue weighted by molar-refractivity contribution is 0.367.